The molecule has 1 aliphatic carbocycles. The molecule has 2 rings (SSSR count). The van der Waals surface area contributed by atoms with Crippen LogP contribution in [0.15, 0.2) is 0 Å². The third-order valence-corrected chi connectivity index (χ3v) is 3.45. The van der Waals surface area contributed by atoms with Gasteiger partial charge in [-0.3, -0.25) is 4.79 Å². The fraction of sp³-hybridized carbons (Fsp3) is 0.909. The van der Waals surface area contributed by atoms with Crippen molar-refractivity contribution in [1.82, 2.24) is 10.2 Å². The van der Waals surface area contributed by atoms with Gasteiger partial charge in [-0.25, -0.2) is 0 Å². The molecule has 1 aliphatic heterocycles. The Kier molecular flexibility index (Phi) is 3.59. The number of likely N-dealkylation sites (N-methyl/N-ethyl adjacent to an activating group) is 1. The first kappa shape index (κ1) is 10.9. The van der Waals surface area contributed by atoms with Gasteiger partial charge in [0.05, 0.1) is 6.10 Å². The highest BCUT2D eigenvalue weighted by Crippen LogP contribution is 2.22. The maximum absolute atomic E-state index is 11.8. The normalized spacial score (nSPS) is 22.7. The van der Waals surface area contributed by atoms with E-state index in [2.05, 4.69) is 5.32 Å². The Morgan fingerprint density at radius 2 is 2.07 bits per heavy atom. The van der Waals surface area contributed by atoms with Gasteiger partial charge in [-0.2, -0.15) is 0 Å². The lowest BCUT2D eigenvalue weighted by Gasteiger charge is -2.29. The van der Waals surface area contributed by atoms with Crippen LogP contribution in [0.2, 0.25) is 0 Å². The van der Waals surface area contributed by atoms with Crippen molar-refractivity contribution >= 4 is 5.91 Å². The quantitative estimate of drug-likeness (QED) is 0.732. The van der Waals surface area contributed by atoms with E-state index in [-0.39, 0.29) is 18.6 Å². The lowest BCUT2D eigenvalue weighted by atomic mass is 10.2. The van der Waals surface area contributed by atoms with E-state index in [1.165, 1.54) is 12.8 Å². The van der Waals surface area contributed by atoms with Crippen LogP contribution in [0.1, 0.15) is 25.7 Å². The van der Waals surface area contributed by atoms with Crippen molar-refractivity contribution in [3.8, 4) is 0 Å². The first-order valence-electron chi connectivity index (χ1n) is 5.85. The van der Waals surface area contributed by atoms with Crippen molar-refractivity contribution in [2.75, 3.05) is 26.7 Å². The Morgan fingerprint density at radius 3 is 2.60 bits per heavy atom. The number of amides is 1. The Balaban J connectivity index is 1.68. The highest BCUT2D eigenvalue weighted by Gasteiger charge is 2.25. The molecule has 0 aromatic heterocycles. The molecule has 4 heteroatoms. The summed E-state index contributed by atoms with van der Waals surface area (Å²) in [5.74, 6) is 0.133. The van der Waals surface area contributed by atoms with Crippen LogP contribution < -0.4 is 5.32 Å². The lowest BCUT2D eigenvalue weighted by molar-refractivity contribution is -0.139. The minimum absolute atomic E-state index is 0.133. The Bertz CT molecular complexity index is 223. The minimum atomic E-state index is 0.133. The van der Waals surface area contributed by atoms with Crippen molar-refractivity contribution in [2.24, 2.45) is 0 Å². The summed E-state index contributed by atoms with van der Waals surface area (Å²) in [5.41, 5.74) is 0. The maximum atomic E-state index is 11.8. The fourth-order valence-electron chi connectivity index (χ4n) is 2.17. The molecule has 0 atom stereocenters. The number of hydrogen-bond acceptors (Lipinski definition) is 3. The molecule has 0 bridgehead atoms. The molecule has 2 aliphatic rings. The van der Waals surface area contributed by atoms with Crippen LogP contribution in [0, 0.1) is 0 Å². The van der Waals surface area contributed by atoms with Crippen molar-refractivity contribution in [3.05, 3.63) is 0 Å². The number of ether oxygens (including phenoxy) is 1. The summed E-state index contributed by atoms with van der Waals surface area (Å²) in [6.45, 7) is 2.03. The zero-order valence-electron chi connectivity index (χ0n) is 9.37. The molecule has 0 spiro atoms. The Morgan fingerprint density at radius 1 is 1.40 bits per heavy atom. The third kappa shape index (κ3) is 2.69. The van der Waals surface area contributed by atoms with Crippen LogP contribution in [-0.4, -0.2) is 49.7 Å². The van der Waals surface area contributed by atoms with Crippen molar-refractivity contribution in [2.45, 2.75) is 37.8 Å². The van der Waals surface area contributed by atoms with Gasteiger partial charge in [0.25, 0.3) is 0 Å². The molecule has 1 heterocycles. The van der Waals surface area contributed by atoms with Crippen molar-refractivity contribution in [1.29, 1.82) is 0 Å². The first-order valence-corrected chi connectivity index (χ1v) is 5.85. The van der Waals surface area contributed by atoms with E-state index in [4.69, 9.17) is 4.74 Å². The molecule has 15 heavy (non-hydrogen) atoms. The van der Waals surface area contributed by atoms with Gasteiger partial charge in [-0.15, -0.1) is 0 Å². The third-order valence-electron chi connectivity index (χ3n) is 3.45. The highest BCUT2D eigenvalue weighted by atomic mass is 16.5. The highest BCUT2D eigenvalue weighted by molar-refractivity contribution is 5.77. The van der Waals surface area contributed by atoms with E-state index in [0.717, 1.165) is 25.9 Å². The number of carbonyl (C=O) groups is 1. The van der Waals surface area contributed by atoms with Crippen LogP contribution in [0.3, 0.4) is 0 Å². The maximum Gasteiger partial charge on any atom is 0.248 e. The first-order chi connectivity index (χ1) is 7.27. The van der Waals surface area contributed by atoms with Crippen molar-refractivity contribution in [3.63, 3.8) is 0 Å². The van der Waals surface area contributed by atoms with Crippen LogP contribution in [0.25, 0.3) is 0 Å². The Labute approximate surface area is 91.0 Å². The van der Waals surface area contributed by atoms with E-state index < -0.39 is 0 Å². The predicted molar refractivity (Wildman–Crippen MR) is 57.6 cm³/mol. The van der Waals surface area contributed by atoms with Crippen LogP contribution in [-0.2, 0) is 9.53 Å². The summed E-state index contributed by atoms with van der Waals surface area (Å²) in [7, 11) is 1.90. The van der Waals surface area contributed by atoms with Gasteiger partial charge in [0.2, 0.25) is 5.91 Å². The fourth-order valence-corrected chi connectivity index (χ4v) is 2.17. The van der Waals surface area contributed by atoms with Gasteiger partial charge < -0.3 is 15.0 Å². The number of carbonyl (C=O) groups excluding carboxylic acids is 1. The Hall–Kier alpha value is -0.610. The molecule has 1 saturated carbocycles. The summed E-state index contributed by atoms with van der Waals surface area (Å²) >= 11 is 0. The molecule has 0 unspecified atom stereocenters. The summed E-state index contributed by atoms with van der Waals surface area (Å²) in [4.78, 5) is 13.6. The summed E-state index contributed by atoms with van der Waals surface area (Å²) in [5, 5.41) is 3.12. The molecule has 1 N–H and O–H groups in total. The van der Waals surface area contributed by atoms with E-state index in [9.17, 15) is 4.79 Å². The van der Waals surface area contributed by atoms with E-state index in [1.54, 1.807) is 0 Å². The molecule has 2 fully saturated rings. The minimum Gasteiger partial charge on any atom is -0.366 e. The lowest BCUT2D eigenvalue weighted by Crippen LogP contribution is -2.50. The van der Waals surface area contributed by atoms with Gasteiger partial charge in [-0.1, -0.05) is 12.8 Å². The largest absolute Gasteiger partial charge is 0.366 e. The second-order valence-corrected chi connectivity index (χ2v) is 4.53. The number of hydrogen-bond donors (Lipinski definition) is 1. The van der Waals surface area contributed by atoms with Gasteiger partial charge in [0.1, 0.15) is 6.61 Å². The van der Waals surface area contributed by atoms with Gasteiger partial charge >= 0.3 is 0 Å². The summed E-state index contributed by atoms with van der Waals surface area (Å²) in [6.07, 6.45) is 5.09. The zero-order valence-corrected chi connectivity index (χ0v) is 9.37. The average molecular weight is 212 g/mol. The zero-order chi connectivity index (χ0) is 10.7. The van der Waals surface area contributed by atoms with E-state index in [0.29, 0.717) is 6.04 Å². The second kappa shape index (κ2) is 4.94. The summed E-state index contributed by atoms with van der Waals surface area (Å²) in [6, 6.07) is 0.459. The molecule has 1 amide bonds. The second-order valence-electron chi connectivity index (χ2n) is 4.53. The smallest absolute Gasteiger partial charge is 0.248 e. The van der Waals surface area contributed by atoms with Gasteiger partial charge in [0.15, 0.2) is 0 Å². The molecule has 0 aromatic rings. The monoisotopic (exact) mass is 212 g/mol. The van der Waals surface area contributed by atoms with E-state index >= 15 is 0 Å². The number of nitrogens with zero attached hydrogens (tertiary/aromatic N) is 1. The molecule has 0 radical (unpaired) electrons. The predicted octanol–water partition coefficient (Wildman–Crippen LogP) is 0.376. The van der Waals surface area contributed by atoms with E-state index in [1.807, 2.05) is 11.9 Å². The van der Waals surface area contributed by atoms with Crippen LogP contribution in [0.4, 0.5) is 0 Å². The SMILES string of the molecule is CN(C(=O)COC1CNC1)C1CCCC1. The van der Waals surface area contributed by atoms with Crippen LogP contribution in [0.5, 0.6) is 0 Å². The molecule has 0 aromatic carbocycles. The molecular formula is C11H20N2O2. The number of nitrogens with one attached hydrogen (secondary N) is 1. The van der Waals surface area contributed by atoms with Gasteiger partial charge in [-0.05, 0) is 12.8 Å². The van der Waals surface area contributed by atoms with Crippen molar-refractivity contribution < 1.29 is 9.53 Å². The standard InChI is InChI=1S/C11H20N2O2/c1-13(9-4-2-3-5-9)11(14)8-15-10-6-12-7-10/h9-10,12H,2-8H2,1H3. The average Bonchev–Trinajstić information content (AvgIpc) is 2.66. The molecular weight excluding hydrogens is 192 g/mol. The molecule has 4 nitrogen and oxygen atoms in total. The number of rotatable bonds is 4. The molecule has 1 saturated heterocycles. The summed E-state index contributed by atoms with van der Waals surface area (Å²) < 4.78 is 5.47. The van der Waals surface area contributed by atoms with Crippen LogP contribution >= 0.6 is 0 Å². The van der Waals surface area contributed by atoms with Gasteiger partial charge in [0, 0.05) is 26.2 Å². The molecule has 86 valence electrons. The topological polar surface area (TPSA) is 41.6 Å².